The van der Waals surface area contributed by atoms with Crippen molar-refractivity contribution >= 4 is 5.91 Å². The smallest absolute Gasteiger partial charge is 0.220 e. The fourth-order valence-corrected chi connectivity index (χ4v) is 5.08. The third kappa shape index (κ3) is 12.7. The monoisotopic (exact) mass is 473 g/mol. The van der Waals surface area contributed by atoms with E-state index in [9.17, 15) is 9.90 Å². The number of aromatic hydroxyl groups is 1. The zero-order valence-electron chi connectivity index (χ0n) is 22.1. The van der Waals surface area contributed by atoms with E-state index in [1.165, 1.54) is 103 Å². The van der Waals surface area contributed by atoms with Crippen LogP contribution in [0.15, 0.2) is 18.2 Å². The largest absolute Gasteiger partial charge is 0.504 e. The van der Waals surface area contributed by atoms with E-state index in [1.807, 2.05) is 0 Å². The average molecular weight is 474 g/mol. The number of carbonyl (C=O) groups excluding carboxylic acids is 1. The van der Waals surface area contributed by atoms with Crippen LogP contribution in [0.2, 0.25) is 0 Å². The van der Waals surface area contributed by atoms with Crippen molar-refractivity contribution in [1.82, 2.24) is 5.32 Å². The number of phenolic OH excluding ortho intramolecular Hbond substituents is 1. The topological polar surface area (TPSA) is 58.6 Å². The van der Waals surface area contributed by atoms with Gasteiger partial charge in [0.2, 0.25) is 5.91 Å². The Balaban J connectivity index is 1.33. The Morgan fingerprint density at radius 3 is 2.03 bits per heavy atom. The summed E-state index contributed by atoms with van der Waals surface area (Å²) in [5.41, 5.74) is 0.929. The van der Waals surface area contributed by atoms with Crippen LogP contribution in [0, 0.1) is 11.8 Å². The number of rotatable bonds is 21. The highest BCUT2D eigenvalue weighted by Gasteiger charge is 2.34. The molecule has 2 atom stereocenters. The Labute approximate surface area is 209 Å². The van der Waals surface area contributed by atoms with Crippen molar-refractivity contribution < 1.29 is 14.6 Å². The van der Waals surface area contributed by atoms with Crippen LogP contribution in [0.1, 0.15) is 128 Å². The average Bonchev–Trinajstić information content (AvgIpc) is 3.59. The SMILES string of the molecule is CCCCCCCC[C@H]1C[C@H]1CCCCCCCCCCC(=O)NCc1ccc(O)c(OC)c1. The molecule has 1 aliphatic carbocycles. The van der Waals surface area contributed by atoms with E-state index in [0.29, 0.717) is 18.7 Å². The van der Waals surface area contributed by atoms with Gasteiger partial charge < -0.3 is 15.2 Å². The summed E-state index contributed by atoms with van der Waals surface area (Å²) in [6.07, 6.45) is 23.9. The highest BCUT2D eigenvalue weighted by molar-refractivity contribution is 5.75. The molecule has 4 nitrogen and oxygen atoms in total. The number of carbonyl (C=O) groups is 1. The van der Waals surface area contributed by atoms with Crippen molar-refractivity contribution in [3.63, 3.8) is 0 Å². The summed E-state index contributed by atoms with van der Waals surface area (Å²) >= 11 is 0. The molecule has 0 bridgehead atoms. The standard InChI is InChI=1S/C30H51NO3/c1-3-4-5-6-11-14-17-26-23-27(26)18-15-12-9-7-8-10-13-16-19-30(33)31-24-25-20-21-28(32)29(22-25)34-2/h20-22,26-27,32H,3-19,23-24H2,1-2H3,(H,31,33)/t26-,27+/m0/s1. The normalized spacial score (nSPS) is 17.0. The molecule has 0 spiro atoms. The van der Waals surface area contributed by atoms with Crippen molar-refractivity contribution in [2.45, 2.75) is 129 Å². The van der Waals surface area contributed by atoms with Crippen molar-refractivity contribution in [3.05, 3.63) is 23.8 Å². The molecule has 1 aliphatic rings. The molecule has 0 saturated heterocycles. The molecule has 1 aromatic carbocycles. The second kappa shape index (κ2) is 17.7. The van der Waals surface area contributed by atoms with Gasteiger partial charge in [-0.2, -0.15) is 0 Å². The van der Waals surface area contributed by atoms with E-state index in [0.717, 1.165) is 30.2 Å². The maximum atomic E-state index is 12.0. The van der Waals surface area contributed by atoms with E-state index in [2.05, 4.69) is 12.2 Å². The second-order valence-corrected chi connectivity index (χ2v) is 10.5. The lowest BCUT2D eigenvalue weighted by atomic mass is 10.0. The Bertz CT molecular complexity index is 675. The summed E-state index contributed by atoms with van der Waals surface area (Å²) in [6.45, 7) is 2.76. The Morgan fingerprint density at radius 2 is 1.44 bits per heavy atom. The third-order valence-electron chi connectivity index (χ3n) is 7.46. The van der Waals surface area contributed by atoms with Gasteiger partial charge in [-0.1, -0.05) is 109 Å². The number of amides is 1. The van der Waals surface area contributed by atoms with Crippen LogP contribution >= 0.6 is 0 Å². The van der Waals surface area contributed by atoms with E-state index in [4.69, 9.17) is 4.74 Å². The zero-order chi connectivity index (χ0) is 24.4. The van der Waals surface area contributed by atoms with Crippen LogP contribution in [-0.4, -0.2) is 18.1 Å². The summed E-state index contributed by atoms with van der Waals surface area (Å²) < 4.78 is 5.11. The van der Waals surface area contributed by atoms with Gasteiger partial charge in [-0.05, 0) is 42.4 Å². The number of nitrogens with one attached hydrogen (secondary N) is 1. The van der Waals surface area contributed by atoms with Crippen LogP contribution in [0.25, 0.3) is 0 Å². The first-order chi connectivity index (χ1) is 16.6. The quantitative estimate of drug-likeness (QED) is 0.176. The van der Waals surface area contributed by atoms with Crippen molar-refractivity contribution in [3.8, 4) is 11.5 Å². The number of hydrogen-bond acceptors (Lipinski definition) is 3. The Hall–Kier alpha value is -1.71. The summed E-state index contributed by atoms with van der Waals surface area (Å²) in [6, 6.07) is 5.16. The minimum atomic E-state index is 0.0990. The van der Waals surface area contributed by atoms with Gasteiger partial charge in [-0.15, -0.1) is 0 Å². The fraction of sp³-hybridized carbons (Fsp3) is 0.767. The molecule has 1 fully saturated rings. The molecule has 1 aromatic rings. The number of hydrogen-bond donors (Lipinski definition) is 2. The van der Waals surface area contributed by atoms with Gasteiger partial charge in [0, 0.05) is 13.0 Å². The van der Waals surface area contributed by atoms with Gasteiger partial charge >= 0.3 is 0 Å². The molecule has 0 heterocycles. The maximum Gasteiger partial charge on any atom is 0.220 e. The number of benzene rings is 1. The Morgan fingerprint density at radius 1 is 0.882 bits per heavy atom. The minimum absolute atomic E-state index is 0.0990. The van der Waals surface area contributed by atoms with Crippen molar-refractivity contribution in [2.75, 3.05) is 7.11 Å². The first-order valence-corrected chi connectivity index (χ1v) is 14.3. The molecule has 1 amide bonds. The van der Waals surface area contributed by atoms with E-state index in [-0.39, 0.29) is 11.7 Å². The lowest BCUT2D eigenvalue weighted by molar-refractivity contribution is -0.121. The highest BCUT2D eigenvalue weighted by Crippen LogP contribution is 2.45. The molecule has 0 aliphatic heterocycles. The van der Waals surface area contributed by atoms with Crippen molar-refractivity contribution in [2.24, 2.45) is 11.8 Å². The summed E-state index contributed by atoms with van der Waals surface area (Å²) in [5, 5.41) is 12.6. The first-order valence-electron chi connectivity index (χ1n) is 14.3. The predicted molar refractivity (Wildman–Crippen MR) is 142 cm³/mol. The molecule has 4 heteroatoms. The summed E-state index contributed by atoms with van der Waals surface area (Å²) in [5.74, 6) is 2.80. The molecule has 0 aromatic heterocycles. The molecule has 194 valence electrons. The molecular formula is C30H51NO3. The molecule has 1 saturated carbocycles. The number of ether oxygens (including phenoxy) is 1. The van der Waals surface area contributed by atoms with E-state index >= 15 is 0 Å². The summed E-state index contributed by atoms with van der Waals surface area (Å²) in [7, 11) is 1.53. The van der Waals surface area contributed by atoms with Gasteiger partial charge in [0.05, 0.1) is 7.11 Å². The first kappa shape index (κ1) is 28.5. The van der Waals surface area contributed by atoms with Crippen LogP contribution in [0.3, 0.4) is 0 Å². The maximum absolute atomic E-state index is 12.0. The van der Waals surface area contributed by atoms with Gasteiger partial charge in [-0.25, -0.2) is 0 Å². The van der Waals surface area contributed by atoms with Gasteiger partial charge in [0.1, 0.15) is 0 Å². The lowest BCUT2D eigenvalue weighted by Gasteiger charge is -2.08. The molecular weight excluding hydrogens is 422 g/mol. The number of phenols is 1. The van der Waals surface area contributed by atoms with Crippen LogP contribution in [0.5, 0.6) is 11.5 Å². The molecule has 0 radical (unpaired) electrons. The van der Waals surface area contributed by atoms with Gasteiger partial charge in [0.25, 0.3) is 0 Å². The van der Waals surface area contributed by atoms with Crippen LogP contribution in [0.4, 0.5) is 0 Å². The minimum Gasteiger partial charge on any atom is -0.504 e. The van der Waals surface area contributed by atoms with E-state index < -0.39 is 0 Å². The van der Waals surface area contributed by atoms with Crippen LogP contribution < -0.4 is 10.1 Å². The van der Waals surface area contributed by atoms with Crippen LogP contribution in [-0.2, 0) is 11.3 Å². The van der Waals surface area contributed by atoms with E-state index in [1.54, 1.807) is 18.2 Å². The molecule has 2 N–H and O–H groups in total. The number of methoxy groups -OCH3 is 1. The number of unbranched alkanes of at least 4 members (excludes halogenated alkanes) is 12. The van der Waals surface area contributed by atoms with Crippen molar-refractivity contribution in [1.29, 1.82) is 0 Å². The highest BCUT2D eigenvalue weighted by atomic mass is 16.5. The Kier molecular flexibility index (Phi) is 14.8. The van der Waals surface area contributed by atoms with Gasteiger partial charge in [0.15, 0.2) is 11.5 Å². The molecule has 34 heavy (non-hydrogen) atoms. The predicted octanol–water partition coefficient (Wildman–Crippen LogP) is 8.30. The fourth-order valence-electron chi connectivity index (χ4n) is 5.08. The second-order valence-electron chi connectivity index (χ2n) is 10.5. The lowest BCUT2D eigenvalue weighted by Crippen LogP contribution is -2.22. The zero-order valence-corrected chi connectivity index (χ0v) is 22.1. The molecule has 2 rings (SSSR count). The molecule has 0 unspecified atom stereocenters. The third-order valence-corrected chi connectivity index (χ3v) is 7.46. The van der Waals surface area contributed by atoms with Gasteiger partial charge in [-0.3, -0.25) is 4.79 Å². The summed E-state index contributed by atoms with van der Waals surface area (Å²) in [4.78, 5) is 12.0.